The van der Waals surface area contributed by atoms with Crippen LogP contribution >= 0.6 is 0 Å². The van der Waals surface area contributed by atoms with Crippen LogP contribution in [-0.4, -0.2) is 18.6 Å². The summed E-state index contributed by atoms with van der Waals surface area (Å²) in [5, 5.41) is 0. The van der Waals surface area contributed by atoms with Crippen LogP contribution in [-0.2, 0) is 9.53 Å². The molecule has 0 aromatic rings. The maximum atomic E-state index is 11.5. The zero-order valence-electron chi connectivity index (χ0n) is 11.4. The van der Waals surface area contributed by atoms with Crippen molar-refractivity contribution < 1.29 is 9.53 Å². The van der Waals surface area contributed by atoms with Crippen molar-refractivity contribution in [2.45, 2.75) is 59.9 Å². The Labute approximate surface area is 99.7 Å². The second-order valence-electron chi connectivity index (χ2n) is 5.75. The highest BCUT2D eigenvalue weighted by Crippen LogP contribution is 2.20. The van der Waals surface area contributed by atoms with Crippen LogP contribution in [0, 0.1) is 11.3 Å². The van der Waals surface area contributed by atoms with Gasteiger partial charge in [-0.3, -0.25) is 4.79 Å². The highest BCUT2D eigenvalue weighted by Gasteiger charge is 2.23. The van der Waals surface area contributed by atoms with Gasteiger partial charge in [0.2, 0.25) is 0 Å². The fourth-order valence-corrected chi connectivity index (χ4v) is 1.36. The van der Waals surface area contributed by atoms with Crippen LogP contribution in [0.4, 0.5) is 0 Å². The summed E-state index contributed by atoms with van der Waals surface area (Å²) >= 11 is 0. The zero-order chi connectivity index (χ0) is 12.8. The molecule has 3 heteroatoms. The van der Waals surface area contributed by atoms with Crippen LogP contribution in [0.25, 0.3) is 0 Å². The molecule has 0 aliphatic heterocycles. The third kappa shape index (κ3) is 6.83. The smallest absolute Gasteiger partial charge is 0.307 e. The summed E-state index contributed by atoms with van der Waals surface area (Å²) < 4.78 is 5.20. The molecule has 0 aliphatic carbocycles. The first-order valence-electron chi connectivity index (χ1n) is 6.18. The van der Waals surface area contributed by atoms with Crippen molar-refractivity contribution in [1.82, 2.24) is 0 Å². The molecule has 2 atom stereocenters. The van der Waals surface area contributed by atoms with Gasteiger partial charge in [0, 0.05) is 6.04 Å². The van der Waals surface area contributed by atoms with Gasteiger partial charge in [-0.25, -0.2) is 0 Å². The molecule has 96 valence electrons. The van der Waals surface area contributed by atoms with Crippen molar-refractivity contribution in [1.29, 1.82) is 0 Å². The molecule has 0 heterocycles. The number of nitrogens with two attached hydrogens (primary N) is 1. The number of ether oxygens (including phenoxy) is 1. The van der Waals surface area contributed by atoms with E-state index in [1.165, 1.54) is 0 Å². The van der Waals surface area contributed by atoms with E-state index in [1.54, 1.807) is 0 Å². The van der Waals surface area contributed by atoms with E-state index in [4.69, 9.17) is 10.5 Å². The van der Waals surface area contributed by atoms with Crippen LogP contribution in [0.3, 0.4) is 0 Å². The van der Waals surface area contributed by atoms with E-state index in [-0.39, 0.29) is 17.4 Å². The van der Waals surface area contributed by atoms with Crippen LogP contribution in [0.15, 0.2) is 0 Å². The van der Waals surface area contributed by atoms with Crippen molar-refractivity contribution in [2.75, 3.05) is 6.61 Å². The molecule has 0 aliphatic rings. The SMILES string of the molecule is CCCC(C)COC(=O)CC(N)C(C)(C)C. The Bertz CT molecular complexity index is 208. The fourth-order valence-electron chi connectivity index (χ4n) is 1.36. The van der Waals surface area contributed by atoms with Crippen LogP contribution in [0.5, 0.6) is 0 Å². The summed E-state index contributed by atoms with van der Waals surface area (Å²) in [6.45, 7) is 10.8. The standard InChI is InChI=1S/C13H27NO2/c1-6-7-10(2)9-16-12(15)8-11(14)13(3,4)5/h10-11H,6-9,14H2,1-5H3. The summed E-state index contributed by atoms with van der Waals surface area (Å²) in [5.41, 5.74) is 5.87. The van der Waals surface area contributed by atoms with E-state index >= 15 is 0 Å². The lowest BCUT2D eigenvalue weighted by atomic mass is 9.85. The number of rotatable bonds is 6. The zero-order valence-corrected chi connectivity index (χ0v) is 11.4. The van der Waals surface area contributed by atoms with Gasteiger partial charge in [-0.2, -0.15) is 0 Å². The van der Waals surface area contributed by atoms with E-state index in [9.17, 15) is 4.79 Å². The fraction of sp³-hybridized carbons (Fsp3) is 0.923. The molecule has 0 aromatic carbocycles. The Morgan fingerprint density at radius 1 is 1.38 bits per heavy atom. The molecule has 0 fully saturated rings. The molecule has 2 N–H and O–H groups in total. The highest BCUT2D eigenvalue weighted by molar-refractivity contribution is 5.70. The third-order valence-corrected chi connectivity index (χ3v) is 2.81. The van der Waals surface area contributed by atoms with Gasteiger partial charge in [0.15, 0.2) is 0 Å². The lowest BCUT2D eigenvalue weighted by Crippen LogP contribution is -2.37. The molecule has 0 spiro atoms. The topological polar surface area (TPSA) is 52.3 Å². The van der Waals surface area contributed by atoms with Crippen molar-refractivity contribution in [3.63, 3.8) is 0 Å². The predicted octanol–water partition coefficient (Wildman–Crippen LogP) is 2.73. The van der Waals surface area contributed by atoms with Crippen molar-refractivity contribution in [3.8, 4) is 0 Å². The van der Waals surface area contributed by atoms with Crippen LogP contribution in [0.2, 0.25) is 0 Å². The van der Waals surface area contributed by atoms with Crippen LogP contribution < -0.4 is 5.73 Å². The molecule has 0 rings (SSSR count). The molecular formula is C13H27NO2. The second-order valence-corrected chi connectivity index (χ2v) is 5.75. The Hall–Kier alpha value is -0.570. The van der Waals surface area contributed by atoms with E-state index in [0.29, 0.717) is 18.9 Å². The van der Waals surface area contributed by atoms with Gasteiger partial charge in [-0.15, -0.1) is 0 Å². The Balaban J connectivity index is 3.83. The van der Waals surface area contributed by atoms with E-state index < -0.39 is 0 Å². The average molecular weight is 229 g/mol. The summed E-state index contributed by atoms with van der Waals surface area (Å²) in [7, 11) is 0. The molecule has 0 bridgehead atoms. The van der Waals surface area contributed by atoms with Gasteiger partial charge in [0.1, 0.15) is 0 Å². The normalized spacial score (nSPS) is 15.6. The first-order valence-corrected chi connectivity index (χ1v) is 6.18. The first-order chi connectivity index (χ1) is 7.27. The predicted molar refractivity (Wildman–Crippen MR) is 67.1 cm³/mol. The van der Waals surface area contributed by atoms with E-state index in [0.717, 1.165) is 12.8 Å². The van der Waals surface area contributed by atoms with Gasteiger partial charge in [-0.05, 0) is 17.8 Å². The lowest BCUT2D eigenvalue weighted by molar-refractivity contribution is -0.145. The van der Waals surface area contributed by atoms with Crippen molar-refractivity contribution >= 4 is 5.97 Å². The van der Waals surface area contributed by atoms with Crippen LogP contribution in [0.1, 0.15) is 53.9 Å². The largest absolute Gasteiger partial charge is 0.465 e. The number of hydrogen-bond acceptors (Lipinski definition) is 3. The molecule has 16 heavy (non-hydrogen) atoms. The quantitative estimate of drug-likeness (QED) is 0.712. The van der Waals surface area contributed by atoms with Crippen molar-refractivity contribution in [3.05, 3.63) is 0 Å². The first kappa shape index (κ1) is 15.4. The number of esters is 1. The minimum atomic E-state index is -0.176. The molecule has 0 amide bonds. The summed E-state index contributed by atoms with van der Waals surface area (Å²) in [6, 6.07) is -0.138. The third-order valence-electron chi connectivity index (χ3n) is 2.81. The van der Waals surface area contributed by atoms with Gasteiger partial charge in [-0.1, -0.05) is 41.0 Å². The molecule has 0 saturated carbocycles. The van der Waals surface area contributed by atoms with Gasteiger partial charge >= 0.3 is 5.97 Å². The Kier molecular flexibility index (Phi) is 6.65. The Morgan fingerprint density at radius 3 is 2.38 bits per heavy atom. The molecule has 0 aromatic heterocycles. The molecule has 0 saturated heterocycles. The average Bonchev–Trinajstić information content (AvgIpc) is 2.13. The van der Waals surface area contributed by atoms with Crippen molar-refractivity contribution in [2.24, 2.45) is 17.1 Å². The lowest BCUT2D eigenvalue weighted by Gasteiger charge is -2.26. The minimum Gasteiger partial charge on any atom is -0.465 e. The minimum absolute atomic E-state index is 0.0476. The number of carbonyl (C=O) groups is 1. The maximum Gasteiger partial charge on any atom is 0.307 e. The highest BCUT2D eigenvalue weighted by atomic mass is 16.5. The maximum absolute atomic E-state index is 11.5. The number of carbonyl (C=O) groups excluding carboxylic acids is 1. The number of hydrogen-bond donors (Lipinski definition) is 1. The van der Waals surface area contributed by atoms with E-state index in [1.807, 2.05) is 20.8 Å². The molecule has 0 radical (unpaired) electrons. The van der Waals surface area contributed by atoms with Gasteiger partial charge in [0.25, 0.3) is 0 Å². The Morgan fingerprint density at radius 2 is 1.94 bits per heavy atom. The summed E-state index contributed by atoms with van der Waals surface area (Å²) in [6.07, 6.45) is 2.53. The molecule has 2 unspecified atom stereocenters. The van der Waals surface area contributed by atoms with Gasteiger partial charge in [0.05, 0.1) is 13.0 Å². The second kappa shape index (κ2) is 6.89. The summed E-state index contributed by atoms with van der Waals surface area (Å²) in [5.74, 6) is 0.269. The molecular weight excluding hydrogens is 202 g/mol. The molecule has 3 nitrogen and oxygen atoms in total. The van der Waals surface area contributed by atoms with E-state index in [2.05, 4.69) is 13.8 Å². The monoisotopic (exact) mass is 229 g/mol. The van der Waals surface area contributed by atoms with Gasteiger partial charge < -0.3 is 10.5 Å². The summed E-state index contributed by atoms with van der Waals surface area (Å²) in [4.78, 5) is 11.5.